The zero-order valence-electron chi connectivity index (χ0n) is 21.0. The number of nitriles is 1. The van der Waals surface area contributed by atoms with Crippen LogP contribution in [0.15, 0.2) is 36.4 Å². The van der Waals surface area contributed by atoms with Gasteiger partial charge in [0.25, 0.3) is 0 Å². The molecule has 3 rings (SSSR count). The number of halogens is 9. The second-order valence-electron chi connectivity index (χ2n) is 10.5. The first kappa shape index (κ1) is 31.6. The highest BCUT2D eigenvalue weighted by Crippen LogP contribution is 2.53. The molecular weight excluding hydrogens is 592 g/mol. The summed E-state index contributed by atoms with van der Waals surface area (Å²) >= 11 is 11.8. The number of ether oxygens (including phenoxy) is 1. The van der Waals surface area contributed by atoms with E-state index >= 15 is 4.39 Å². The maximum Gasteiger partial charge on any atom is 0.491 e. The third-order valence-electron chi connectivity index (χ3n) is 6.47. The van der Waals surface area contributed by atoms with Crippen molar-refractivity contribution in [1.82, 2.24) is 5.32 Å². The van der Waals surface area contributed by atoms with Gasteiger partial charge in [0, 0.05) is 22.5 Å². The van der Waals surface area contributed by atoms with Gasteiger partial charge in [-0.05, 0) is 41.7 Å². The Morgan fingerprint density at radius 1 is 1.05 bits per heavy atom. The van der Waals surface area contributed by atoms with E-state index in [9.17, 15) is 41.2 Å². The zero-order chi connectivity index (χ0) is 30.4. The number of rotatable bonds is 4. The van der Waals surface area contributed by atoms with Gasteiger partial charge in [0.2, 0.25) is 0 Å². The van der Waals surface area contributed by atoms with Crippen LogP contribution in [0, 0.1) is 22.6 Å². The van der Waals surface area contributed by atoms with Gasteiger partial charge in [-0.25, -0.2) is 14.0 Å². The highest BCUT2D eigenvalue weighted by atomic mass is 35.5. The van der Waals surface area contributed by atoms with Crippen molar-refractivity contribution in [3.05, 3.63) is 69.0 Å². The van der Waals surface area contributed by atoms with Crippen molar-refractivity contribution in [2.24, 2.45) is 5.41 Å². The molecule has 1 aliphatic rings. The second kappa shape index (κ2) is 10.8. The third kappa shape index (κ3) is 6.21. The van der Waals surface area contributed by atoms with Crippen LogP contribution >= 0.6 is 23.2 Å². The highest BCUT2D eigenvalue weighted by Gasteiger charge is 2.61. The minimum absolute atomic E-state index is 0.0183. The molecule has 0 amide bonds. The predicted molar refractivity (Wildman–Crippen MR) is 130 cm³/mol. The summed E-state index contributed by atoms with van der Waals surface area (Å²) in [6.07, 6.45) is -10.4. The lowest BCUT2D eigenvalue weighted by atomic mass is 9.63. The zero-order valence-corrected chi connectivity index (χ0v) is 22.5. The molecule has 1 saturated heterocycles. The average Bonchev–Trinajstić information content (AvgIpc) is 3.10. The highest BCUT2D eigenvalue weighted by molar-refractivity contribution is 6.31. The largest absolute Gasteiger partial charge is 0.491 e. The predicted octanol–water partition coefficient (Wildman–Crippen LogP) is 7.11. The number of nitrogens with zero attached hydrogens (tertiary/aromatic N) is 1. The molecule has 0 aromatic heterocycles. The molecule has 2 aromatic carbocycles. The van der Waals surface area contributed by atoms with E-state index in [1.807, 2.05) is 6.07 Å². The first-order valence-corrected chi connectivity index (χ1v) is 12.3. The Bertz CT molecular complexity index is 1370. The van der Waals surface area contributed by atoms with E-state index in [0.717, 1.165) is 24.3 Å². The lowest BCUT2D eigenvalue weighted by Crippen LogP contribution is -2.44. The van der Waals surface area contributed by atoms with Crippen LogP contribution in [0.1, 0.15) is 49.8 Å². The summed E-state index contributed by atoms with van der Waals surface area (Å²) < 4.78 is 98.5. The monoisotopic (exact) mass is 612 g/mol. The summed E-state index contributed by atoms with van der Waals surface area (Å²) in [5.74, 6) is -7.30. The molecular formula is C26H21Cl2F7N2O3. The molecule has 1 aliphatic heterocycles. The van der Waals surface area contributed by atoms with Crippen LogP contribution in [0.4, 0.5) is 30.7 Å². The second-order valence-corrected chi connectivity index (χ2v) is 11.3. The van der Waals surface area contributed by atoms with Gasteiger partial charge < -0.3 is 4.74 Å². The van der Waals surface area contributed by atoms with Crippen molar-refractivity contribution in [2.75, 3.05) is 0 Å². The van der Waals surface area contributed by atoms with E-state index < -0.39 is 69.5 Å². The Hall–Kier alpha value is -2.88. The van der Waals surface area contributed by atoms with Crippen LogP contribution in [0.3, 0.4) is 0 Å². The van der Waals surface area contributed by atoms with Gasteiger partial charge in [0.15, 0.2) is 0 Å². The number of nitrogens with one attached hydrogen (secondary N) is 1. The number of esters is 2. The van der Waals surface area contributed by atoms with Crippen LogP contribution in [-0.4, -0.2) is 30.2 Å². The lowest BCUT2D eigenvalue weighted by molar-refractivity contribution is -0.202. The topological polar surface area (TPSA) is 79.2 Å². The minimum Gasteiger partial charge on any atom is -0.385 e. The summed E-state index contributed by atoms with van der Waals surface area (Å²) in [7, 11) is 0. The molecule has 40 heavy (non-hydrogen) atoms. The van der Waals surface area contributed by atoms with Gasteiger partial charge in [-0.1, -0.05) is 56.1 Å². The minimum atomic E-state index is -5.55. The number of benzene rings is 2. The molecule has 4 atom stereocenters. The molecule has 14 heteroatoms. The smallest absolute Gasteiger partial charge is 0.385 e. The average molecular weight is 613 g/mol. The maximum absolute atomic E-state index is 15.5. The van der Waals surface area contributed by atoms with Crippen molar-refractivity contribution in [2.45, 2.75) is 63.0 Å². The van der Waals surface area contributed by atoms with Gasteiger partial charge in [0.1, 0.15) is 17.3 Å². The van der Waals surface area contributed by atoms with Crippen molar-refractivity contribution < 1.29 is 45.1 Å². The molecule has 1 heterocycles. The number of hydrogen-bond acceptors (Lipinski definition) is 5. The molecule has 2 aromatic rings. The number of carbonyl (C=O) groups is 2. The Labute approximate surface area is 234 Å². The van der Waals surface area contributed by atoms with Gasteiger partial charge in [-0.3, -0.25) is 5.32 Å². The number of carbonyl (C=O) groups excluding carboxylic acids is 2. The van der Waals surface area contributed by atoms with Crippen molar-refractivity contribution >= 4 is 35.1 Å². The fraction of sp³-hybridized carbons (Fsp3) is 0.423. The van der Waals surface area contributed by atoms with Crippen LogP contribution in [0.25, 0.3) is 0 Å². The van der Waals surface area contributed by atoms with E-state index in [2.05, 4.69) is 10.1 Å². The maximum atomic E-state index is 15.5. The van der Waals surface area contributed by atoms with Crippen molar-refractivity contribution in [3.63, 3.8) is 0 Å². The number of alkyl halides is 6. The van der Waals surface area contributed by atoms with E-state index in [1.54, 1.807) is 20.8 Å². The van der Waals surface area contributed by atoms with Crippen molar-refractivity contribution in [1.29, 1.82) is 5.26 Å². The van der Waals surface area contributed by atoms with Gasteiger partial charge >= 0.3 is 24.3 Å². The molecule has 0 bridgehead atoms. The molecule has 0 saturated carbocycles. The van der Waals surface area contributed by atoms with E-state index in [4.69, 9.17) is 23.2 Å². The molecule has 1 N–H and O–H groups in total. The summed E-state index contributed by atoms with van der Waals surface area (Å²) in [4.78, 5) is 24.5. The van der Waals surface area contributed by atoms with Crippen LogP contribution in [-0.2, 0) is 25.9 Å². The molecule has 0 spiro atoms. The summed E-state index contributed by atoms with van der Waals surface area (Å²) in [5.41, 5.74) is -4.58. The molecule has 1 fully saturated rings. The fourth-order valence-corrected chi connectivity index (χ4v) is 5.43. The third-order valence-corrected chi connectivity index (χ3v) is 7.02. The van der Waals surface area contributed by atoms with Gasteiger partial charge in [0.05, 0.1) is 16.7 Å². The van der Waals surface area contributed by atoms with Gasteiger partial charge in [-0.2, -0.15) is 31.6 Å². The van der Waals surface area contributed by atoms with E-state index in [1.165, 1.54) is 6.07 Å². The van der Waals surface area contributed by atoms with Crippen LogP contribution in [0.5, 0.6) is 0 Å². The van der Waals surface area contributed by atoms with E-state index in [-0.39, 0.29) is 22.6 Å². The standard InChI is InChI=1S/C26H21Cl2F7N2O3/c1-23(2,3)10-18-24(11-36,15-7-5-13(27)9-17(15)29)19(12-4-6-14(16(28)8-12)25(30,31)32)20(37-18)21(38)40-22(39)26(33,34)35/h4-9,18-20,37H,10H2,1-3H3/t18-,19-,20+,24-/m0/s1. The Morgan fingerprint density at radius 3 is 2.15 bits per heavy atom. The quantitative estimate of drug-likeness (QED) is 0.226. The molecule has 0 radical (unpaired) electrons. The molecule has 0 unspecified atom stereocenters. The van der Waals surface area contributed by atoms with Gasteiger partial charge in [-0.15, -0.1) is 0 Å². The molecule has 216 valence electrons. The Balaban J connectivity index is 2.34. The normalized spacial score (nSPS) is 23.5. The molecule has 0 aliphatic carbocycles. The molecule has 5 nitrogen and oxygen atoms in total. The summed E-state index contributed by atoms with van der Waals surface area (Å²) in [6, 6.07) is 4.38. The van der Waals surface area contributed by atoms with Crippen LogP contribution < -0.4 is 5.32 Å². The summed E-state index contributed by atoms with van der Waals surface area (Å²) in [6.45, 7) is 5.20. The SMILES string of the molecule is CC(C)(C)C[C@@H]1N[C@@H](C(=O)OC(=O)C(F)(F)F)[C@H](c2ccc(C(F)(F)F)c(Cl)c2)[C@@]1(C#N)c1ccc(Cl)cc1F. The number of hydrogen-bond donors (Lipinski definition) is 1. The Morgan fingerprint density at radius 2 is 1.68 bits per heavy atom. The van der Waals surface area contributed by atoms with Crippen molar-refractivity contribution in [3.8, 4) is 6.07 Å². The summed E-state index contributed by atoms with van der Waals surface area (Å²) in [5, 5.41) is 12.4. The van der Waals surface area contributed by atoms with Crippen LogP contribution in [0.2, 0.25) is 10.0 Å². The lowest BCUT2D eigenvalue weighted by Gasteiger charge is -2.37. The Kier molecular flexibility index (Phi) is 8.57. The first-order valence-electron chi connectivity index (χ1n) is 11.5. The van der Waals surface area contributed by atoms with E-state index in [0.29, 0.717) is 6.07 Å². The fourth-order valence-electron chi connectivity index (χ4n) is 4.97. The first-order chi connectivity index (χ1) is 18.2.